The van der Waals surface area contributed by atoms with E-state index in [0.29, 0.717) is 13.2 Å². The first-order chi connectivity index (χ1) is 10.8. The molecule has 2 amide bonds. The van der Waals surface area contributed by atoms with Crippen LogP contribution in [0.15, 0.2) is 0 Å². The number of methoxy groups -OCH3 is 1. The molecule has 0 spiro atoms. The highest BCUT2D eigenvalue weighted by Crippen LogP contribution is 2.31. The van der Waals surface area contributed by atoms with Gasteiger partial charge in [-0.1, -0.05) is 0 Å². The number of likely N-dealkylation sites (tertiary alicyclic amines) is 1. The van der Waals surface area contributed by atoms with E-state index >= 15 is 0 Å². The molecular formula is C15H25N5O2. The molecule has 1 aromatic heterocycles. The van der Waals surface area contributed by atoms with Crippen molar-refractivity contribution >= 4 is 6.03 Å². The lowest BCUT2D eigenvalue weighted by Gasteiger charge is -2.35. The predicted octanol–water partition coefficient (Wildman–Crippen LogP) is 1.50. The van der Waals surface area contributed by atoms with Gasteiger partial charge in [0.05, 0.1) is 12.6 Å². The van der Waals surface area contributed by atoms with E-state index in [1.165, 1.54) is 12.8 Å². The Hall–Kier alpha value is -1.63. The van der Waals surface area contributed by atoms with Gasteiger partial charge in [-0.2, -0.15) is 0 Å². The summed E-state index contributed by atoms with van der Waals surface area (Å²) in [5, 5.41) is 11.7. The molecule has 1 fully saturated rings. The van der Waals surface area contributed by atoms with Crippen molar-refractivity contribution in [1.29, 1.82) is 0 Å². The summed E-state index contributed by atoms with van der Waals surface area (Å²) in [5.74, 6) is 2.04. The topological polar surface area (TPSA) is 72.3 Å². The lowest BCUT2D eigenvalue weighted by atomic mass is 10.0. The minimum atomic E-state index is -0.0186. The Morgan fingerprint density at radius 2 is 2.14 bits per heavy atom. The number of fused-ring (bicyclic) bond motifs is 1. The number of aryl methyl sites for hydroxylation is 1. The molecular weight excluding hydrogens is 282 g/mol. The van der Waals surface area contributed by atoms with Gasteiger partial charge in [0.1, 0.15) is 5.82 Å². The van der Waals surface area contributed by atoms with Gasteiger partial charge in [-0.05, 0) is 32.1 Å². The van der Waals surface area contributed by atoms with E-state index < -0.39 is 0 Å². The minimum Gasteiger partial charge on any atom is -0.383 e. The summed E-state index contributed by atoms with van der Waals surface area (Å²) in [6.45, 7) is 2.83. The Kier molecular flexibility index (Phi) is 4.92. The van der Waals surface area contributed by atoms with Crippen molar-refractivity contribution in [3.63, 3.8) is 0 Å². The molecule has 0 aromatic carbocycles. The van der Waals surface area contributed by atoms with Crippen LogP contribution in [0.5, 0.6) is 0 Å². The monoisotopic (exact) mass is 307 g/mol. The summed E-state index contributed by atoms with van der Waals surface area (Å²) in [5.41, 5.74) is 0. The number of hydrogen-bond donors (Lipinski definition) is 1. The van der Waals surface area contributed by atoms with Gasteiger partial charge in [-0.3, -0.25) is 0 Å². The molecule has 1 aromatic rings. The molecule has 3 heterocycles. The molecule has 1 saturated heterocycles. The van der Waals surface area contributed by atoms with Gasteiger partial charge >= 0.3 is 6.03 Å². The number of ether oxygens (including phenoxy) is 1. The van der Waals surface area contributed by atoms with Crippen molar-refractivity contribution in [3.8, 4) is 0 Å². The van der Waals surface area contributed by atoms with Gasteiger partial charge in [-0.25, -0.2) is 4.79 Å². The summed E-state index contributed by atoms with van der Waals surface area (Å²) in [6.07, 6.45) is 6.51. The summed E-state index contributed by atoms with van der Waals surface area (Å²) in [4.78, 5) is 14.4. The van der Waals surface area contributed by atoms with Crippen LogP contribution in [-0.2, 0) is 17.7 Å². The Morgan fingerprint density at radius 3 is 3.00 bits per heavy atom. The number of carbonyl (C=O) groups is 1. The quantitative estimate of drug-likeness (QED) is 0.856. The van der Waals surface area contributed by atoms with E-state index in [9.17, 15) is 4.79 Å². The fourth-order valence-electron chi connectivity index (χ4n) is 3.38. The van der Waals surface area contributed by atoms with Gasteiger partial charge < -0.3 is 19.5 Å². The SMILES string of the molecule is COCCNC(=O)N1CCCC[C@@H]1c1nnc2n1CCCC2. The zero-order valence-corrected chi connectivity index (χ0v) is 13.3. The highest BCUT2D eigenvalue weighted by Gasteiger charge is 2.32. The molecule has 122 valence electrons. The lowest BCUT2D eigenvalue weighted by molar-refractivity contribution is 0.139. The van der Waals surface area contributed by atoms with Crippen molar-refractivity contribution in [3.05, 3.63) is 11.6 Å². The number of nitrogens with zero attached hydrogens (tertiary/aromatic N) is 4. The van der Waals surface area contributed by atoms with Crippen molar-refractivity contribution < 1.29 is 9.53 Å². The zero-order chi connectivity index (χ0) is 15.4. The number of rotatable bonds is 4. The summed E-state index contributed by atoms with van der Waals surface area (Å²) < 4.78 is 7.22. The second kappa shape index (κ2) is 7.09. The van der Waals surface area contributed by atoms with Crippen LogP contribution in [0, 0.1) is 0 Å². The highest BCUT2D eigenvalue weighted by molar-refractivity contribution is 5.74. The Labute approximate surface area is 131 Å². The molecule has 0 radical (unpaired) electrons. The minimum absolute atomic E-state index is 0.0186. The molecule has 1 atom stereocenters. The fourth-order valence-corrected chi connectivity index (χ4v) is 3.38. The van der Waals surface area contributed by atoms with E-state index in [-0.39, 0.29) is 12.1 Å². The van der Waals surface area contributed by atoms with Crippen molar-refractivity contribution in [2.45, 2.75) is 51.1 Å². The second-order valence-corrected chi connectivity index (χ2v) is 6.01. The van der Waals surface area contributed by atoms with Crippen LogP contribution in [0.25, 0.3) is 0 Å². The smallest absolute Gasteiger partial charge is 0.318 e. The molecule has 2 aliphatic rings. The lowest BCUT2D eigenvalue weighted by Crippen LogP contribution is -2.46. The Bertz CT molecular complexity index is 516. The van der Waals surface area contributed by atoms with Crippen LogP contribution in [0.4, 0.5) is 4.79 Å². The molecule has 2 aliphatic heterocycles. The van der Waals surface area contributed by atoms with Crippen LogP contribution in [0.2, 0.25) is 0 Å². The second-order valence-electron chi connectivity index (χ2n) is 6.01. The molecule has 1 N–H and O–H groups in total. The fraction of sp³-hybridized carbons (Fsp3) is 0.800. The van der Waals surface area contributed by atoms with Crippen LogP contribution >= 0.6 is 0 Å². The van der Waals surface area contributed by atoms with Crippen LogP contribution in [0.3, 0.4) is 0 Å². The standard InChI is InChI=1S/C15H25N5O2/c1-22-11-8-16-15(21)19-9-4-2-6-12(19)14-18-17-13-7-3-5-10-20(13)14/h12H,2-11H2,1H3,(H,16,21)/t12-/m1/s1. The largest absolute Gasteiger partial charge is 0.383 e. The number of urea groups is 1. The molecule has 7 heteroatoms. The molecule has 0 bridgehead atoms. The molecule has 3 rings (SSSR count). The number of aromatic nitrogens is 3. The number of nitrogens with one attached hydrogen (secondary N) is 1. The van der Waals surface area contributed by atoms with E-state index in [0.717, 1.165) is 50.4 Å². The number of hydrogen-bond acceptors (Lipinski definition) is 4. The average molecular weight is 307 g/mol. The van der Waals surface area contributed by atoms with E-state index in [1.54, 1.807) is 7.11 Å². The van der Waals surface area contributed by atoms with Crippen molar-refractivity contribution in [2.24, 2.45) is 0 Å². The van der Waals surface area contributed by atoms with Crippen LogP contribution in [0.1, 0.15) is 49.8 Å². The van der Waals surface area contributed by atoms with Crippen molar-refractivity contribution in [2.75, 3.05) is 26.8 Å². The third-order valence-corrected chi connectivity index (χ3v) is 4.53. The highest BCUT2D eigenvalue weighted by atomic mass is 16.5. The first kappa shape index (κ1) is 15.3. The molecule has 7 nitrogen and oxygen atoms in total. The van der Waals surface area contributed by atoms with E-state index in [4.69, 9.17) is 4.74 Å². The van der Waals surface area contributed by atoms with Gasteiger partial charge in [0.2, 0.25) is 0 Å². The van der Waals surface area contributed by atoms with E-state index in [2.05, 4.69) is 20.1 Å². The Balaban J connectivity index is 1.75. The first-order valence-corrected chi connectivity index (χ1v) is 8.26. The van der Waals surface area contributed by atoms with Gasteiger partial charge in [0, 0.05) is 33.2 Å². The third kappa shape index (κ3) is 3.09. The van der Waals surface area contributed by atoms with Gasteiger partial charge in [0.15, 0.2) is 5.82 Å². The van der Waals surface area contributed by atoms with Gasteiger partial charge in [0.25, 0.3) is 0 Å². The molecule has 0 saturated carbocycles. The average Bonchev–Trinajstić information content (AvgIpc) is 2.99. The number of carbonyl (C=O) groups excluding carboxylic acids is 1. The first-order valence-electron chi connectivity index (χ1n) is 8.26. The summed E-state index contributed by atoms with van der Waals surface area (Å²) in [6, 6.07) is 0.0329. The Morgan fingerprint density at radius 1 is 1.27 bits per heavy atom. The summed E-state index contributed by atoms with van der Waals surface area (Å²) >= 11 is 0. The third-order valence-electron chi connectivity index (χ3n) is 4.53. The van der Waals surface area contributed by atoms with E-state index in [1.807, 2.05) is 4.90 Å². The predicted molar refractivity (Wildman–Crippen MR) is 81.5 cm³/mol. The molecule has 0 unspecified atom stereocenters. The van der Waals surface area contributed by atoms with Gasteiger partial charge in [-0.15, -0.1) is 10.2 Å². The maximum atomic E-state index is 12.4. The normalized spacial score (nSPS) is 21.5. The zero-order valence-electron chi connectivity index (χ0n) is 13.3. The maximum absolute atomic E-state index is 12.4. The van der Waals surface area contributed by atoms with Crippen molar-refractivity contribution in [1.82, 2.24) is 25.0 Å². The maximum Gasteiger partial charge on any atom is 0.318 e. The number of piperidine rings is 1. The van der Waals surface area contributed by atoms with Crippen LogP contribution in [-0.4, -0.2) is 52.5 Å². The van der Waals surface area contributed by atoms with Crippen LogP contribution < -0.4 is 5.32 Å². The number of amides is 2. The molecule has 22 heavy (non-hydrogen) atoms. The molecule has 0 aliphatic carbocycles. The summed E-state index contributed by atoms with van der Waals surface area (Å²) in [7, 11) is 1.64.